The molecule has 1 heterocycles. The van der Waals surface area contributed by atoms with Crippen molar-refractivity contribution in [1.82, 2.24) is 9.97 Å². The molecule has 1 aromatic heterocycles. The summed E-state index contributed by atoms with van der Waals surface area (Å²) in [6.45, 7) is 0. The smallest absolute Gasteiger partial charge is 0.136 e. The minimum Gasteiger partial charge on any atom is -0.373 e. The fraction of sp³-hybridized carbons (Fsp3) is 0.286. The number of anilines is 3. The number of halogens is 2. The monoisotopic (exact) mass is 384 g/mol. The highest BCUT2D eigenvalue weighted by atomic mass is 127. The van der Waals surface area contributed by atoms with E-state index >= 15 is 0 Å². The van der Waals surface area contributed by atoms with Crippen LogP contribution in [0.5, 0.6) is 0 Å². The maximum Gasteiger partial charge on any atom is 0.136 e. The van der Waals surface area contributed by atoms with Crippen LogP contribution in [0.2, 0.25) is 0 Å². The molecule has 1 fully saturated rings. The minimum absolute atomic E-state index is 0.239. The summed E-state index contributed by atoms with van der Waals surface area (Å²) in [4.78, 5) is 9.01. The summed E-state index contributed by atoms with van der Waals surface area (Å²) < 4.78 is 13.9. The summed E-state index contributed by atoms with van der Waals surface area (Å²) >= 11 is 2.10. The zero-order valence-corrected chi connectivity index (χ0v) is 13.1. The van der Waals surface area contributed by atoms with Crippen LogP contribution in [0.15, 0.2) is 24.3 Å². The van der Waals surface area contributed by atoms with Crippen molar-refractivity contribution in [2.45, 2.75) is 18.8 Å². The Kier molecular flexibility index (Phi) is 3.73. The molecule has 0 spiro atoms. The first-order valence-corrected chi connectivity index (χ1v) is 7.52. The Morgan fingerprint density at radius 3 is 2.60 bits per heavy atom. The number of nitrogens with one attached hydrogen (secondary N) is 2. The third-order valence-electron chi connectivity index (χ3n) is 3.14. The summed E-state index contributed by atoms with van der Waals surface area (Å²) in [5.41, 5.74) is 0.842. The van der Waals surface area contributed by atoms with Gasteiger partial charge in [0.25, 0.3) is 0 Å². The van der Waals surface area contributed by atoms with Crippen molar-refractivity contribution in [2.24, 2.45) is 0 Å². The van der Waals surface area contributed by atoms with Gasteiger partial charge >= 0.3 is 0 Å². The predicted octanol–water partition coefficient (Wildman–Crippen LogP) is 3.88. The molecule has 0 bridgehead atoms. The van der Waals surface area contributed by atoms with Gasteiger partial charge in [-0.25, -0.2) is 14.4 Å². The summed E-state index contributed by atoms with van der Waals surface area (Å²) in [7, 11) is 1.84. The highest BCUT2D eigenvalue weighted by Gasteiger charge is 2.27. The van der Waals surface area contributed by atoms with E-state index in [-0.39, 0.29) is 5.82 Å². The third-order valence-corrected chi connectivity index (χ3v) is 4.03. The molecule has 0 unspecified atom stereocenters. The highest BCUT2D eigenvalue weighted by Crippen LogP contribution is 2.39. The van der Waals surface area contributed by atoms with Crippen molar-refractivity contribution in [3.05, 3.63) is 39.5 Å². The number of hydrogen-bond donors (Lipinski definition) is 2. The summed E-state index contributed by atoms with van der Waals surface area (Å²) in [5, 5.41) is 6.28. The van der Waals surface area contributed by atoms with E-state index in [9.17, 15) is 4.39 Å². The molecule has 0 aliphatic heterocycles. The first-order chi connectivity index (χ1) is 9.65. The maximum absolute atomic E-state index is 13.1. The zero-order chi connectivity index (χ0) is 14.1. The lowest BCUT2D eigenvalue weighted by atomic mass is 10.3. The molecule has 6 heteroatoms. The lowest BCUT2D eigenvalue weighted by Gasteiger charge is -2.11. The van der Waals surface area contributed by atoms with Gasteiger partial charge in [-0.1, -0.05) is 0 Å². The Morgan fingerprint density at radius 1 is 1.20 bits per heavy atom. The Morgan fingerprint density at radius 2 is 1.95 bits per heavy atom. The van der Waals surface area contributed by atoms with Crippen molar-refractivity contribution in [3.8, 4) is 0 Å². The molecule has 1 aliphatic carbocycles. The molecule has 1 aromatic carbocycles. The van der Waals surface area contributed by atoms with Crippen molar-refractivity contribution in [2.75, 3.05) is 17.7 Å². The van der Waals surface area contributed by atoms with Gasteiger partial charge in [0.15, 0.2) is 0 Å². The fourth-order valence-electron chi connectivity index (χ4n) is 1.91. The van der Waals surface area contributed by atoms with Crippen LogP contribution in [0.25, 0.3) is 0 Å². The molecule has 0 amide bonds. The molecule has 0 radical (unpaired) electrons. The Labute approximate surface area is 130 Å². The third kappa shape index (κ3) is 3.00. The van der Waals surface area contributed by atoms with Crippen molar-refractivity contribution < 1.29 is 4.39 Å². The van der Waals surface area contributed by atoms with Gasteiger partial charge < -0.3 is 10.6 Å². The second kappa shape index (κ2) is 5.51. The predicted molar refractivity (Wildman–Crippen MR) is 86.0 cm³/mol. The van der Waals surface area contributed by atoms with E-state index in [0.29, 0.717) is 5.92 Å². The molecule has 2 N–H and O–H groups in total. The number of benzene rings is 1. The van der Waals surface area contributed by atoms with Gasteiger partial charge in [0.05, 0.1) is 5.69 Å². The second-order valence-electron chi connectivity index (χ2n) is 4.77. The summed E-state index contributed by atoms with van der Waals surface area (Å²) in [5.74, 6) is 2.64. The first kappa shape index (κ1) is 13.5. The number of rotatable bonds is 4. The molecular weight excluding hydrogens is 370 g/mol. The largest absolute Gasteiger partial charge is 0.373 e. The number of aromatic nitrogens is 2. The van der Waals surface area contributed by atoms with Gasteiger partial charge in [-0.15, -0.1) is 0 Å². The molecule has 1 aliphatic rings. The van der Waals surface area contributed by atoms with Crippen LogP contribution in [-0.2, 0) is 0 Å². The summed E-state index contributed by atoms with van der Waals surface area (Å²) in [6.07, 6.45) is 2.31. The Bertz CT molecular complexity index is 643. The Hall–Kier alpha value is -1.44. The highest BCUT2D eigenvalue weighted by molar-refractivity contribution is 14.1. The second-order valence-corrected chi connectivity index (χ2v) is 5.93. The van der Waals surface area contributed by atoms with Gasteiger partial charge in [0, 0.05) is 22.6 Å². The SMILES string of the molecule is CNc1cc(Nc2ccc(F)cc2I)nc(C2CC2)n1. The fourth-order valence-corrected chi connectivity index (χ4v) is 2.52. The van der Waals surface area contributed by atoms with E-state index in [0.717, 1.165) is 39.6 Å². The van der Waals surface area contributed by atoms with Gasteiger partial charge in [-0.05, 0) is 53.6 Å². The van der Waals surface area contributed by atoms with E-state index in [1.54, 1.807) is 6.07 Å². The average molecular weight is 384 g/mol. The van der Waals surface area contributed by atoms with Crippen LogP contribution in [0.1, 0.15) is 24.6 Å². The molecule has 0 atom stereocenters. The molecular formula is C14H14FIN4. The minimum atomic E-state index is -0.239. The number of hydrogen-bond acceptors (Lipinski definition) is 4. The van der Waals surface area contributed by atoms with E-state index in [1.807, 2.05) is 13.1 Å². The number of nitrogens with zero attached hydrogens (tertiary/aromatic N) is 2. The summed E-state index contributed by atoms with van der Waals surface area (Å²) in [6, 6.07) is 6.50. The lowest BCUT2D eigenvalue weighted by molar-refractivity contribution is 0.627. The van der Waals surface area contributed by atoms with Crippen molar-refractivity contribution in [3.63, 3.8) is 0 Å². The molecule has 1 saturated carbocycles. The standard InChI is InChI=1S/C14H14FIN4/c1-17-12-7-13(20-14(19-12)8-2-3-8)18-11-5-4-9(15)6-10(11)16/h4-8H,2-3H2,1H3,(H2,17,18,19,20). The topological polar surface area (TPSA) is 49.8 Å². The van der Waals surface area contributed by atoms with Crippen molar-refractivity contribution >= 4 is 39.9 Å². The van der Waals surface area contributed by atoms with Crippen LogP contribution in [0.4, 0.5) is 21.7 Å². The van der Waals surface area contributed by atoms with E-state index in [1.165, 1.54) is 12.1 Å². The zero-order valence-electron chi connectivity index (χ0n) is 11.0. The van der Waals surface area contributed by atoms with Crippen LogP contribution >= 0.6 is 22.6 Å². The van der Waals surface area contributed by atoms with Crippen LogP contribution in [0.3, 0.4) is 0 Å². The molecule has 20 heavy (non-hydrogen) atoms. The van der Waals surface area contributed by atoms with E-state index in [2.05, 4.69) is 43.2 Å². The quantitative estimate of drug-likeness (QED) is 0.786. The van der Waals surface area contributed by atoms with Gasteiger partial charge in [-0.3, -0.25) is 0 Å². The molecule has 104 valence electrons. The van der Waals surface area contributed by atoms with E-state index in [4.69, 9.17) is 0 Å². The van der Waals surface area contributed by atoms with Gasteiger partial charge in [0.2, 0.25) is 0 Å². The molecule has 0 saturated heterocycles. The Balaban J connectivity index is 1.91. The average Bonchev–Trinajstić information content (AvgIpc) is 3.26. The van der Waals surface area contributed by atoms with Crippen LogP contribution in [-0.4, -0.2) is 17.0 Å². The lowest BCUT2D eigenvalue weighted by Crippen LogP contribution is -2.03. The molecule has 2 aromatic rings. The van der Waals surface area contributed by atoms with Gasteiger partial charge in [-0.2, -0.15) is 0 Å². The maximum atomic E-state index is 13.1. The van der Waals surface area contributed by atoms with Crippen LogP contribution in [0, 0.1) is 9.39 Å². The molecule has 3 rings (SSSR count). The van der Waals surface area contributed by atoms with Gasteiger partial charge in [0.1, 0.15) is 23.3 Å². The first-order valence-electron chi connectivity index (χ1n) is 6.44. The molecule has 4 nitrogen and oxygen atoms in total. The van der Waals surface area contributed by atoms with E-state index < -0.39 is 0 Å². The van der Waals surface area contributed by atoms with Crippen LogP contribution < -0.4 is 10.6 Å². The normalized spacial score (nSPS) is 14.2. The van der Waals surface area contributed by atoms with Crippen molar-refractivity contribution in [1.29, 1.82) is 0 Å².